The molecule has 2 aromatic heterocycles. The maximum absolute atomic E-state index is 11.0. The lowest BCUT2D eigenvalue weighted by molar-refractivity contribution is -0.0365. The number of hydrogen-bond donors (Lipinski definition) is 1. The summed E-state index contributed by atoms with van der Waals surface area (Å²) in [5.74, 6) is 0.184. The second kappa shape index (κ2) is 13.4. The van der Waals surface area contributed by atoms with Crippen LogP contribution in [0, 0.1) is 5.92 Å². The first-order chi connectivity index (χ1) is 19.7. The summed E-state index contributed by atoms with van der Waals surface area (Å²) in [7, 11) is -6.06. The molecule has 0 radical (unpaired) electrons. The molecule has 13 heteroatoms. The van der Waals surface area contributed by atoms with E-state index in [0.717, 1.165) is 35.9 Å². The highest BCUT2D eigenvalue weighted by Crippen LogP contribution is 2.39. The van der Waals surface area contributed by atoms with Crippen LogP contribution in [-0.4, -0.2) is 73.2 Å². The standard InChI is InChI=1S/C29H44N4O7SSi/c1-21(20-41(34,35)36)19-37-15-9-17-39-28-30-14-13-24(31-28)27-23-18-22(40-42(5,6)29(2,3)4)11-12-25(23)33(32-27)26-10-7-8-16-38-26/h11-14,18,21,26H,7-10,15-17,19-20H2,1-6H3,(H,34,35,36)/t21-,26?/m0/s1. The number of rotatable bonds is 13. The molecule has 0 amide bonds. The number of ether oxygens (including phenoxy) is 3. The minimum absolute atomic E-state index is 0.0627. The number of hydrogen-bond acceptors (Lipinski definition) is 9. The molecule has 1 aliphatic rings. The van der Waals surface area contributed by atoms with Crippen molar-refractivity contribution in [3.05, 3.63) is 30.5 Å². The SMILES string of the molecule is C[C@@H](COCCCOc1nccc(-c2nn(C3CCCCO3)c3ccc(O[Si](C)(C)C(C)(C)C)cc23)n1)CS(=O)(=O)O. The molecule has 1 aromatic carbocycles. The molecule has 0 spiro atoms. The van der Waals surface area contributed by atoms with Crippen molar-refractivity contribution in [2.75, 3.05) is 32.2 Å². The largest absolute Gasteiger partial charge is 0.543 e. The van der Waals surface area contributed by atoms with Crippen molar-refractivity contribution in [1.82, 2.24) is 19.7 Å². The van der Waals surface area contributed by atoms with Gasteiger partial charge < -0.3 is 18.6 Å². The third-order valence-electron chi connectivity index (χ3n) is 7.72. The van der Waals surface area contributed by atoms with Crippen molar-refractivity contribution in [3.8, 4) is 23.1 Å². The van der Waals surface area contributed by atoms with Crippen LogP contribution in [0.2, 0.25) is 18.1 Å². The van der Waals surface area contributed by atoms with Crippen LogP contribution in [0.1, 0.15) is 59.6 Å². The number of benzene rings is 1. The van der Waals surface area contributed by atoms with Crippen molar-refractivity contribution >= 4 is 29.3 Å². The van der Waals surface area contributed by atoms with E-state index in [1.165, 1.54) is 0 Å². The first-order valence-corrected chi connectivity index (χ1v) is 19.1. The topological polar surface area (TPSA) is 135 Å². The van der Waals surface area contributed by atoms with Gasteiger partial charge in [0.1, 0.15) is 11.4 Å². The highest BCUT2D eigenvalue weighted by molar-refractivity contribution is 7.85. The van der Waals surface area contributed by atoms with Gasteiger partial charge in [0.2, 0.25) is 8.32 Å². The van der Waals surface area contributed by atoms with E-state index in [1.807, 2.05) is 16.8 Å². The molecule has 42 heavy (non-hydrogen) atoms. The smallest absolute Gasteiger partial charge is 0.316 e. The van der Waals surface area contributed by atoms with E-state index >= 15 is 0 Å². The van der Waals surface area contributed by atoms with E-state index in [9.17, 15) is 8.42 Å². The lowest BCUT2D eigenvalue weighted by atomic mass is 10.1. The highest BCUT2D eigenvalue weighted by Gasteiger charge is 2.39. The Morgan fingerprint density at radius 3 is 2.67 bits per heavy atom. The van der Waals surface area contributed by atoms with Gasteiger partial charge in [-0.3, -0.25) is 4.55 Å². The van der Waals surface area contributed by atoms with E-state index in [2.05, 4.69) is 56.0 Å². The fourth-order valence-corrected chi connectivity index (χ4v) is 6.35. The van der Waals surface area contributed by atoms with E-state index in [4.69, 9.17) is 28.3 Å². The number of nitrogens with zero attached hydrogens (tertiary/aromatic N) is 4. The molecule has 1 aliphatic heterocycles. The Morgan fingerprint density at radius 1 is 1.19 bits per heavy atom. The summed E-state index contributed by atoms with van der Waals surface area (Å²) >= 11 is 0. The van der Waals surface area contributed by atoms with Crippen LogP contribution >= 0.6 is 0 Å². The Labute approximate surface area is 249 Å². The second-order valence-corrected chi connectivity index (χ2v) is 18.7. The van der Waals surface area contributed by atoms with Crippen LogP contribution in [0.5, 0.6) is 11.8 Å². The van der Waals surface area contributed by atoms with E-state index < -0.39 is 18.4 Å². The van der Waals surface area contributed by atoms with Gasteiger partial charge in [0.15, 0.2) is 6.23 Å². The molecule has 0 saturated carbocycles. The average Bonchev–Trinajstić information content (AvgIpc) is 3.28. The van der Waals surface area contributed by atoms with Gasteiger partial charge in [-0.15, -0.1) is 0 Å². The lowest BCUT2D eigenvalue weighted by Gasteiger charge is -2.36. The fraction of sp³-hybridized carbons (Fsp3) is 0.621. The van der Waals surface area contributed by atoms with Crippen molar-refractivity contribution in [2.45, 2.75) is 77.7 Å². The van der Waals surface area contributed by atoms with Crippen LogP contribution in [0.25, 0.3) is 22.3 Å². The van der Waals surface area contributed by atoms with Gasteiger partial charge in [0.25, 0.3) is 10.1 Å². The molecule has 1 saturated heterocycles. The zero-order valence-electron chi connectivity index (χ0n) is 25.5. The van der Waals surface area contributed by atoms with E-state index in [1.54, 1.807) is 13.1 Å². The molecule has 0 bridgehead atoms. The summed E-state index contributed by atoms with van der Waals surface area (Å²) in [5.41, 5.74) is 2.31. The first kappa shape index (κ1) is 32.3. The van der Waals surface area contributed by atoms with Crippen LogP contribution in [0.4, 0.5) is 0 Å². The maximum Gasteiger partial charge on any atom is 0.316 e. The van der Waals surface area contributed by atoms with Crippen molar-refractivity contribution < 1.29 is 31.6 Å². The summed E-state index contributed by atoms with van der Waals surface area (Å²) in [6, 6.07) is 8.19. The van der Waals surface area contributed by atoms with Gasteiger partial charge >= 0.3 is 6.01 Å². The highest BCUT2D eigenvalue weighted by atomic mass is 32.2. The first-order valence-electron chi connectivity index (χ1n) is 14.6. The molecule has 0 aliphatic carbocycles. The average molecular weight is 621 g/mol. The van der Waals surface area contributed by atoms with Gasteiger partial charge in [0, 0.05) is 31.2 Å². The minimum Gasteiger partial charge on any atom is -0.543 e. The zero-order valence-corrected chi connectivity index (χ0v) is 27.3. The van der Waals surface area contributed by atoms with Crippen molar-refractivity contribution in [3.63, 3.8) is 0 Å². The monoisotopic (exact) mass is 620 g/mol. The molecule has 1 unspecified atom stereocenters. The predicted molar refractivity (Wildman–Crippen MR) is 164 cm³/mol. The number of aromatic nitrogens is 4. The van der Waals surface area contributed by atoms with E-state index in [0.29, 0.717) is 37.6 Å². The fourth-order valence-electron chi connectivity index (χ4n) is 4.52. The Bertz CT molecular complexity index is 1450. The lowest BCUT2D eigenvalue weighted by Crippen LogP contribution is -2.43. The Morgan fingerprint density at radius 2 is 1.98 bits per heavy atom. The Kier molecular flexibility index (Phi) is 10.3. The third-order valence-corrected chi connectivity index (χ3v) is 13.1. The van der Waals surface area contributed by atoms with Crippen LogP contribution in [0.3, 0.4) is 0 Å². The van der Waals surface area contributed by atoms with Gasteiger partial charge in [-0.1, -0.05) is 27.7 Å². The molecule has 3 aromatic rings. The molecular formula is C29H44N4O7SSi. The molecule has 2 atom stereocenters. The molecule has 4 rings (SSSR count). The van der Waals surface area contributed by atoms with Gasteiger partial charge in [0.05, 0.1) is 30.2 Å². The Balaban J connectivity index is 1.51. The summed E-state index contributed by atoms with van der Waals surface area (Å²) in [6.45, 7) is 14.5. The van der Waals surface area contributed by atoms with Crippen LogP contribution < -0.4 is 9.16 Å². The molecule has 3 heterocycles. The normalized spacial score (nSPS) is 17.4. The maximum atomic E-state index is 11.0. The van der Waals surface area contributed by atoms with Gasteiger partial charge in [-0.2, -0.15) is 18.5 Å². The van der Waals surface area contributed by atoms with E-state index in [-0.39, 0.29) is 35.6 Å². The van der Waals surface area contributed by atoms with Crippen molar-refractivity contribution in [1.29, 1.82) is 0 Å². The number of fused-ring (bicyclic) bond motifs is 1. The zero-order chi connectivity index (χ0) is 30.5. The van der Waals surface area contributed by atoms with Crippen LogP contribution in [0.15, 0.2) is 30.5 Å². The summed E-state index contributed by atoms with van der Waals surface area (Å²) in [5, 5.41) is 5.99. The molecular weight excluding hydrogens is 576 g/mol. The third kappa shape index (κ3) is 8.50. The Hall–Kier alpha value is -2.58. The summed E-state index contributed by atoms with van der Waals surface area (Å²) < 4.78 is 56.9. The molecule has 11 nitrogen and oxygen atoms in total. The summed E-state index contributed by atoms with van der Waals surface area (Å²) in [6.07, 6.45) is 5.12. The summed E-state index contributed by atoms with van der Waals surface area (Å²) in [4.78, 5) is 8.94. The second-order valence-electron chi connectivity index (χ2n) is 12.5. The quantitative estimate of drug-likeness (QED) is 0.140. The molecule has 1 N–H and O–H groups in total. The van der Waals surface area contributed by atoms with Crippen LogP contribution in [-0.2, 0) is 19.6 Å². The van der Waals surface area contributed by atoms with Gasteiger partial charge in [-0.05, 0) is 67.6 Å². The predicted octanol–water partition coefficient (Wildman–Crippen LogP) is 5.89. The molecule has 232 valence electrons. The van der Waals surface area contributed by atoms with Gasteiger partial charge in [-0.25, -0.2) is 9.67 Å². The molecule has 1 fully saturated rings. The minimum atomic E-state index is -4.01. The van der Waals surface area contributed by atoms with Crippen molar-refractivity contribution in [2.24, 2.45) is 5.92 Å².